The predicted octanol–water partition coefficient (Wildman–Crippen LogP) is 9.85. The number of carbonyl (C=O) groups is 2. The number of carbonyl (C=O) groups excluding carboxylic acids is 2. The maximum atomic E-state index is 15.2. The van der Waals surface area contributed by atoms with Crippen molar-refractivity contribution in [3.8, 4) is 17.4 Å². The molecule has 2 aliphatic carbocycles. The van der Waals surface area contributed by atoms with Crippen molar-refractivity contribution >= 4 is 66.1 Å². The number of nitrogens with two attached hydrogens (primary N) is 1. The van der Waals surface area contributed by atoms with Crippen LogP contribution in [0.3, 0.4) is 0 Å². The van der Waals surface area contributed by atoms with Crippen LogP contribution in [-0.2, 0) is 43.8 Å². The average molecular weight is 986 g/mol. The van der Waals surface area contributed by atoms with Gasteiger partial charge < -0.3 is 33.6 Å². The van der Waals surface area contributed by atoms with Gasteiger partial charge in [-0.25, -0.2) is 14.1 Å². The minimum Gasteiger partial charge on any atom is -0.479 e. The number of methoxy groups -OCH3 is 1. The molecule has 0 aliphatic heterocycles. The molecule has 368 valence electrons. The van der Waals surface area contributed by atoms with Crippen LogP contribution in [0.25, 0.3) is 32.7 Å². The van der Waals surface area contributed by atoms with Crippen LogP contribution in [0.2, 0.25) is 0 Å². The Bertz CT molecular complexity index is 2660. The second-order valence-corrected chi connectivity index (χ2v) is 21.1. The van der Waals surface area contributed by atoms with Gasteiger partial charge in [-0.15, -0.1) is 0 Å². The van der Waals surface area contributed by atoms with Crippen molar-refractivity contribution in [1.82, 2.24) is 29.7 Å². The van der Waals surface area contributed by atoms with Crippen molar-refractivity contribution in [3.05, 3.63) is 91.3 Å². The lowest BCUT2D eigenvalue weighted by molar-refractivity contribution is -0.153. The number of hydrogen-bond acceptors (Lipinski definition) is 15. The first kappa shape index (κ1) is 49.8. The van der Waals surface area contributed by atoms with Gasteiger partial charge in [0.2, 0.25) is 11.8 Å². The topological polar surface area (TPSA) is 227 Å². The Kier molecular flexibility index (Phi) is 16.5. The van der Waals surface area contributed by atoms with Crippen LogP contribution in [0.5, 0.6) is 17.4 Å². The number of fused-ring (bicyclic) bond motifs is 3. The molecule has 2 aliphatic rings. The Labute approximate surface area is 401 Å². The molecule has 0 radical (unpaired) electrons. The van der Waals surface area contributed by atoms with Crippen LogP contribution < -0.4 is 29.7 Å². The molecule has 0 amide bonds. The molecule has 20 heteroatoms. The summed E-state index contributed by atoms with van der Waals surface area (Å²) in [6.07, 6.45) is 10.3. The maximum Gasteiger partial charge on any atom is 0.459 e. The van der Waals surface area contributed by atoms with Gasteiger partial charge in [0.1, 0.15) is 35.8 Å². The average Bonchev–Trinajstić information content (AvgIpc) is 3.76. The highest BCUT2D eigenvalue weighted by molar-refractivity contribution is 7.52. The van der Waals surface area contributed by atoms with E-state index in [2.05, 4.69) is 25.1 Å². The van der Waals surface area contributed by atoms with Crippen molar-refractivity contribution in [2.75, 3.05) is 26.1 Å². The lowest BCUT2D eigenvalue weighted by atomic mass is 9.98. The third-order valence-corrected chi connectivity index (χ3v) is 15.7. The molecule has 4 atom stereocenters. The van der Waals surface area contributed by atoms with Gasteiger partial charge in [0.05, 0.1) is 26.7 Å². The summed E-state index contributed by atoms with van der Waals surface area (Å²) in [4.78, 5) is 40.1. The molecule has 2 aromatic heterocycles. The zero-order chi connectivity index (χ0) is 48.4. The monoisotopic (exact) mass is 985 g/mol. The van der Waals surface area contributed by atoms with E-state index in [0.717, 1.165) is 75.0 Å². The van der Waals surface area contributed by atoms with Gasteiger partial charge >= 0.3 is 27.4 Å². The third-order valence-electron chi connectivity index (χ3n) is 12.4. The van der Waals surface area contributed by atoms with E-state index in [-0.39, 0.29) is 61.7 Å². The molecule has 2 heterocycles. The molecular weight excluding hydrogens is 925 g/mol. The van der Waals surface area contributed by atoms with E-state index >= 15 is 9.13 Å². The lowest BCUT2D eigenvalue weighted by Crippen LogP contribution is -2.38. The van der Waals surface area contributed by atoms with E-state index in [1.807, 2.05) is 60.7 Å². The first-order valence-corrected chi connectivity index (χ1v) is 26.8. The van der Waals surface area contributed by atoms with Gasteiger partial charge in [-0.1, -0.05) is 85.6 Å². The fourth-order valence-electron chi connectivity index (χ4n) is 8.65. The van der Waals surface area contributed by atoms with Crippen LogP contribution in [0, 0.1) is 5.92 Å². The first-order chi connectivity index (χ1) is 33.4. The molecule has 2 unspecified atom stereocenters. The highest BCUT2D eigenvalue weighted by Gasteiger charge is 2.38. The van der Waals surface area contributed by atoms with Crippen molar-refractivity contribution in [1.29, 1.82) is 0 Å². The smallest absolute Gasteiger partial charge is 0.459 e. The standard InChI is InChI=1S/C49H61N7O11P2/c1-33(47(57)64-38-20-6-4-7-21-38)54-68(59,66-42-26-14-18-36-16-10-12-24-40(36)42)62-30-35(28-29-56-32-51-44-45(56)52-49(50)53-46(44)61-3)31-63-69(60,55-34(2)48(58)65-39-22-8-5-9-23-39)67-43-27-15-19-37-17-11-13-25-41(37)43/h10-19,24-27,32-35,38-39H,4-9,20-23,28-31H2,1-3H3,(H,54,59)(H,55,60)(H2,50,52,53)/t33-,34-,35?,68?,69?/m0/s1. The molecule has 69 heavy (non-hydrogen) atoms. The largest absolute Gasteiger partial charge is 0.479 e. The van der Waals surface area contributed by atoms with Crippen LogP contribution in [0.15, 0.2) is 91.3 Å². The van der Waals surface area contributed by atoms with Gasteiger partial charge in [-0.05, 0) is 94.5 Å². The second-order valence-electron chi connectivity index (χ2n) is 17.7. The number of aromatic nitrogens is 4. The quantitative estimate of drug-likeness (QED) is 0.0425. The number of aryl methyl sites for hydroxylation is 1. The molecular formula is C49H61N7O11P2. The van der Waals surface area contributed by atoms with Crippen LogP contribution in [0.1, 0.15) is 84.5 Å². The Morgan fingerprint density at radius 3 is 1.67 bits per heavy atom. The number of nitrogens with one attached hydrogen (secondary N) is 2. The highest BCUT2D eigenvalue weighted by atomic mass is 31.2. The Morgan fingerprint density at radius 2 is 1.17 bits per heavy atom. The van der Waals surface area contributed by atoms with E-state index in [0.29, 0.717) is 21.9 Å². The second kappa shape index (κ2) is 22.9. The van der Waals surface area contributed by atoms with Crippen molar-refractivity contribution in [2.45, 2.75) is 115 Å². The zero-order valence-electron chi connectivity index (χ0n) is 39.2. The molecule has 18 nitrogen and oxygen atoms in total. The fraction of sp³-hybridized carbons (Fsp3) is 0.449. The molecule has 8 rings (SSSR count). The highest BCUT2D eigenvalue weighted by Crippen LogP contribution is 2.50. The van der Waals surface area contributed by atoms with E-state index in [1.54, 1.807) is 49.0 Å². The number of hydrogen-bond donors (Lipinski definition) is 3. The number of ether oxygens (including phenoxy) is 3. The van der Waals surface area contributed by atoms with Gasteiger partial charge in [0, 0.05) is 23.2 Å². The molecule has 6 aromatic rings. The van der Waals surface area contributed by atoms with Gasteiger partial charge in [-0.3, -0.25) is 18.6 Å². The molecule has 4 aromatic carbocycles. The Morgan fingerprint density at radius 1 is 0.696 bits per heavy atom. The number of benzene rings is 4. The molecule has 0 saturated heterocycles. The van der Waals surface area contributed by atoms with Crippen LogP contribution in [0.4, 0.5) is 5.95 Å². The molecule has 2 fully saturated rings. The summed E-state index contributed by atoms with van der Waals surface area (Å²) in [6.45, 7) is 2.69. The van der Waals surface area contributed by atoms with Gasteiger partial charge in [-0.2, -0.15) is 20.1 Å². The van der Waals surface area contributed by atoms with E-state index in [9.17, 15) is 9.59 Å². The van der Waals surface area contributed by atoms with Gasteiger partial charge in [0.25, 0.3) is 0 Å². The molecule has 2 saturated carbocycles. The van der Waals surface area contributed by atoms with Crippen LogP contribution >= 0.6 is 15.5 Å². The summed E-state index contributed by atoms with van der Waals surface area (Å²) in [5.74, 6) is -1.23. The summed E-state index contributed by atoms with van der Waals surface area (Å²) < 4.78 is 74.5. The van der Waals surface area contributed by atoms with E-state index in [1.165, 1.54) is 7.11 Å². The normalized spacial score (nSPS) is 17.9. The van der Waals surface area contributed by atoms with E-state index in [4.69, 9.17) is 38.0 Å². The SMILES string of the molecule is COc1nc(N)nc2c1ncn2CCC(COP(=O)(N[C@@H](C)C(=O)OC1CCCCC1)Oc1cccc2ccccc12)COP(=O)(N[C@@H](C)C(=O)OC1CCCCC1)Oc1cccc2ccccc12. The molecule has 4 N–H and O–H groups in total. The summed E-state index contributed by atoms with van der Waals surface area (Å²) >= 11 is 0. The number of nitrogens with zero attached hydrogens (tertiary/aromatic N) is 4. The molecule has 0 spiro atoms. The lowest BCUT2D eigenvalue weighted by Gasteiger charge is -2.28. The molecule has 0 bridgehead atoms. The van der Waals surface area contributed by atoms with Crippen molar-refractivity contribution in [2.24, 2.45) is 5.92 Å². The number of anilines is 1. The number of esters is 2. The van der Waals surface area contributed by atoms with Crippen molar-refractivity contribution < 1.29 is 51.0 Å². The number of rotatable bonds is 22. The summed E-state index contributed by atoms with van der Waals surface area (Å²) in [5, 5.41) is 8.70. The Balaban J connectivity index is 1.09. The Hall–Kier alpha value is -5.61. The minimum absolute atomic E-state index is 0.0215. The summed E-state index contributed by atoms with van der Waals surface area (Å²) in [6, 6.07) is 23.4. The maximum absolute atomic E-state index is 15.2. The van der Waals surface area contributed by atoms with Gasteiger partial charge in [0.15, 0.2) is 11.2 Å². The predicted molar refractivity (Wildman–Crippen MR) is 262 cm³/mol. The number of nitrogen functional groups attached to an aromatic ring is 1. The number of imidazole rings is 1. The first-order valence-electron chi connectivity index (χ1n) is 23.7. The summed E-state index contributed by atoms with van der Waals surface area (Å²) in [5.41, 5.74) is 6.82. The van der Waals surface area contributed by atoms with Crippen molar-refractivity contribution in [3.63, 3.8) is 0 Å². The third kappa shape index (κ3) is 13.0. The van der Waals surface area contributed by atoms with Crippen LogP contribution in [-0.4, -0.2) is 76.1 Å². The van der Waals surface area contributed by atoms with E-state index < -0.39 is 45.4 Å². The summed E-state index contributed by atoms with van der Waals surface area (Å²) in [7, 11) is -7.46. The minimum atomic E-state index is -4.46. The zero-order valence-corrected chi connectivity index (χ0v) is 41.0. The fourth-order valence-corrected chi connectivity index (χ4v) is 11.8.